The van der Waals surface area contributed by atoms with E-state index in [2.05, 4.69) is 39.4 Å². The number of pyridine rings is 1. The van der Waals surface area contributed by atoms with Crippen LogP contribution < -0.4 is 10.6 Å². The Morgan fingerprint density at radius 1 is 1.00 bits per heavy atom. The number of aryl methyl sites for hydroxylation is 2. The Kier molecular flexibility index (Phi) is 8.18. The third-order valence-corrected chi connectivity index (χ3v) is 12.0. The quantitative estimate of drug-likeness (QED) is 0.279. The summed E-state index contributed by atoms with van der Waals surface area (Å²) < 4.78 is 41.8. The number of aromatic nitrogens is 5. The van der Waals surface area contributed by atoms with Crippen LogP contribution in [0.15, 0.2) is 42.7 Å². The highest BCUT2D eigenvalue weighted by Crippen LogP contribution is 2.87. The lowest BCUT2D eigenvalue weighted by atomic mass is 9.86. The zero-order chi connectivity index (χ0) is 37.6. The molecule has 3 amide bonds. The second-order valence-corrected chi connectivity index (χ2v) is 15.2. The molecule has 4 unspecified atom stereocenters. The first-order valence-electron chi connectivity index (χ1n) is 18.0. The zero-order valence-electron chi connectivity index (χ0n) is 29.7. The van der Waals surface area contributed by atoms with Crippen LogP contribution in [0, 0.1) is 36.0 Å². The van der Waals surface area contributed by atoms with E-state index < -0.39 is 35.1 Å². The van der Waals surface area contributed by atoms with E-state index in [1.807, 2.05) is 12.1 Å². The second-order valence-electron chi connectivity index (χ2n) is 15.2. The highest BCUT2D eigenvalue weighted by molar-refractivity contribution is 6.07. The van der Waals surface area contributed by atoms with Gasteiger partial charge < -0.3 is 15.5 Å². The summed E-state index contributed by atoms with van der Waals surface area (Å²) in [5.41, 5.74) is 1.65. The number of nitrogens with one attached hydrogen (secondary N) is 2. The molecule has 2 N–H and O–H groups in total. The Morgan fingerprint density at radius 2 is 1.72 bits per heavy atom. The molecule has 4 fully saturated rings. The topological polar surface area (TPSA) is 152 Å². The zero-order valence-corrected chi connectivity index (χ0v) is 29.7. The Morgan fingerprint density at radius 3 is 2.42 bits per heavy atom. The average molecular weight is 729 g/mol. The predicted molar refractivity (Wildman–Crippen MR) is 186 cm³/mol. The van der Waals surface area contributed by atoms with Crippen LogP contribution >= 0.6 is 0 Å². The van der Waals surface area contributed by atoms with Crippen LogP contribution in [0.5, 0.6) is 0 Å². The van der Waals surface area contributed by atoms with Gasteiger partial charge in [-0.15, -0.1) is 0 Å². The van der Waals surface area contributed by atoms with Crippen molar-refractivity contribution >= 4 is 40.2 Å². The largest absolute Gasteiger partial charge is 0.433 e. The number of halogens is 3. The number of ketones is 1. The summed E-state index contributed by atoms with van der Waals surface area (Å²) in [6, 6.07) is 5.81. The molecule has 15 heteroatoms. The Bertz CT molecular complexity index is 2190. The molecule has 7 atom stereocenters. The Hall–Kier alpha value is -5.21. The van der Waals surface area contributed by atoms with Crippen molar-refractivity contribution in [1.29, 1.82) is 0 Å². The van der Waals surface area contributed by atoms with Crippen LogP contribution in [0.1, 0.15) is 67.6 Å². The lowest BCUT2D eigenvalue weighted by Crippen LogP contribution is -2.45. The minimum Gasteiger partial charge on any atom is -0.355 e. The Balaban J connectivity index is 1.19. The molecule has 9 rings (SSSR count). The fourth-order valence-electron chi connectivity index (χ4n) is 8.87. The van der Waals surface area contributed by atoms with Gasteiger partial charge in [-0.3, -0.25) is 23.9 Å². The van der Waals surface area contributed by atoms with Crippen LogP contribution in [0.2, 0.25) is 0 Å². The molecule has 6 heterocycles. The van der Waals surface area contributed by atoms with E-state index in [0.717, 1.165) is 35.2 Å². The number of piperidine rings is 1. The number of carbonyl (C=O) groups excluding carboxylic acids is 4. The van der Waals surface area contributed by atoms with E-state index in [0.29, 0.717) is 42.5 Å². The first-order chi connectivity index (χ1) is 25.2. The molecule has 0 radical (unpaired) electrons. The third-order valence-electron chi connectivity index (χ3n) is 12.0. The van der Waals surface area contributed by atoms with Crippen molar-refractivity contribution in [2.45, 2.75) is 78.2 Å². The van der Waals surface area contributed by atoms with Gasteiger partial charge >= 0.3 is 6.18 Å². The fraction of sp³-hybridized carbons (Fsp3) is 0.474. The highest BCUT2D eigenvalue weighted by Gasteiger charge is 2.96. The minimum atomic E-state index is -4.71. The molecule has 2 saturated carbocycles. The summed E-state index contributed by atoms with van der Waals surface area (Å²) in [5.74, 6) is -0.924. The number of anilines is 1. The maximum Gasteiger partial charge on any atom is 0.433 e. The van der Waals surface area contributed by atoms with Crippen molar-refractivity contribution in [2.24, 2.45) is 29.1 Å². The van der Waals surface area contributed by atoms with Crippen molar-refractivity contribution < 1.29 is 32.3 Å². The molecule has 1 spiro atoms. The van der Waals surface area contributed by atoms with E-state index in [1.165, 1.54) is 17.9 Å². The smallest absolute Gasteiger partial charge is 0.355 e. The Labute approximate surface area is 303 Å². The molecule has 1 aromatic carbocycles. The molecule has 2 aliphatic carbocycles. The van der Waals surface area contributed by atoms with Crippen molar-refractivity contribution in [3.63, 3.8) is 0 Å². The van der Waals surface area contributed by atoms with Crippen molar-refractivity contribution in [1.82, 2.24) is 34.9 Å². The molecular weight excluding hydrogens is 689 g/mol. The standard InChI is InChI=1S/C38H39F3N8O4/c1-18-8-10-22-12-23(24-14-42-21(4)43-15-24)13-25-32(20(3)50)47-48(33(22)25)16-29(52)49-34(36(53)46-27-7-5-6-26(45-27)38(39,40)41)30-31-35(49)37(30,31)17-44-28(51)11-9-19(18)2/h5-7,12-15,18-19,30-31,34-35H,8-11,16-17H2,1-4H3,(H,44,51)(H,45,46,53)/t18?,19?,30?,31?,34-,35+,37-/m0/s1. The maximum absolute atomic E-state index is 14.5. The number of hydrogen-bond acceptors (Lipinski definition) is 8. The van der Waals surface area contributed by atoms with Crippen LogP contribution in [0.4, 0.5) is 19.0 Å². The van der Waals surface area contributed by atoms with Gasteiger partial charge in [0, 0.05) is 60.6 Å². The second kappa shape index (κ2) is 12.4. The maximum atomic E-state index is 14.5. The van der Waals surface area contributed by atoms with Crippen LogP contribution in [-0.4, -0.2) is 71.8 Å². The lowest BCUT2D eigenvalue weighted by molar-refractivity contribution is -0.141. The van der Waals surface area contributed by atoms with E-state index in [4.69, 9.17) is 5.10 Å². The van der Waals surface area contributed by atoms with E-state index in [-0.39, 0.29) is 59.5 Å². The summed E-state index contributed by atoms with van der Waals surface area (Å²) in [6.45, 7) is 7.53. The van der Waals surface area contributed by atoms with Crippen molar-refractivity contribution in [2.75, 3.05) is 11.9 Å². The molecule has 2 saturated heterocycles. The number of hydrogen-bond donors (Lipinski definition) is 2. The summed E-state index contributed by atoms with van der Waals surface area (Å²) >= 11 is 0. The van der Waals surface area contributed by atoms with E-state index >= 15 is 0 Å². The number of benzene rings is 1. The summed E-state index contributed by atoms with van der Waals surface area (Å²) in [4.78, 5) is 68.3. The first-order valence-corrected chi connectivity index (χ1v) is 18.0. The van der Waals surface area contributed by atoms with Gasteiger partial charge in [0.25, 0.3) is 0 Å². The van der Waals surface area contributed by atoms with E-state index in [1.54, 1.807) is 24.0 Å². The molecular formula is C38H39F3N8O4. The molecule has 3 aliphatic heterocycles. The molecule has 276 valence electrons. The molecule has 4 bridgehead atoms. The molecule has 53 heavy (non-hydrogen) atoms. The lowest BCUT2D eigenvalue weighted by Gasteiger charge is -2.24. The summed E-state index contributed by atoms with van der Waals surface area (Å²) in [6.07, 6.45) is 1.12. The van der Waals surface area contributed by atoms with Crippen molar-refractivity contribution in [3.8, 4) is 11.1 Å². The highest BCUT2D eigenvalue weighted by atomic mass is 19.4. The monoisotopic (exact) mass is 728 g/mol. The van der Waals surface area contributed by atoms with Crippen LogP contribution in [0.3, 0.4) is 0 Å². The number of nitrogens with zero attached hydrogens (tertiary/aromatic N) is 6. The summed E-state index contributed by atoms with van der Waals surface area (Å²) in [7, 11) is 0. The van der Waals surface area contributed by atoms with Gasteiger partial charge in [-0.05, 0) is 79.3 Å². The summed E-state index contributed by atoms with van der Waals surface area (Å²) in [5, 5.41) is 10.9. The third kappa shape index (κ3) is 5.84. The number of Topliss-reactive ketones (excluding diaryl/α,β-unsaturated/α-hetero) is 1. The van der Waals surface area contributed by atoms with Gasteiger partial charge in [0.15, 0.2) is 5.78 Å². The van der Waals surface area contributed by atoms with Crippen LogP contribution in [-0.2, 0) is 33.5 Å². The molecule has 3 aromatic heterocycles. The number of amides is 3. The van der Waals surface area contributed by atoms with Crippen molar-refractivity contribution in [3.05, 3.63) is 65.5 Å². The number of rotatable bonds is 4. The minimum absolute atomic E-state index is 0.0354. The fourth-order valence-corrected chi connectivity index (χ4v) is 8.87. The predicted octanol–water partition coefficient (Wildman–Crippen LogP) is 5.00. The van der Waals surface area contributed by atoms with E-state index in [9.17, 15) is 32.3 Å². The number of alkyl halides is 3. The van der Waals surface area contributed by atoms with Gasteiger partial charge in [0.1, 0.15) is 35.6 Å². The molecule has 5 aliphatic rings. The van der Waals surface area contributed by atoms with Gasteiger partial charge in [-0.25, -0.2) is 15.0 Å². The van der Waals surface area contributed by atoms with Gasteiger partial charge in [0.2, 0.25) is 17.7 Å². The SMILES string of the molecule is CC(=O)c1nn2c3c(cc(-c4cnc(C)nc4)cc13)CCC(C)C(C)CCC(=O)NC[C@]13C4C1[C@H]3N(C(=O)C2)[C@@H]4C(=O)Nc1cccc(C(F)(F)F)n1. The first kappa shape index (κ1) is 34.9. The molecule has 12 nitrogen and oxygen atoms in total. The molecule has 4 aromatic rings. The average Bonchev–Trinajstić information content (AvgIpc) is 3.73. The van der Waals surface area contributed by atoms with Gasteiger partial charge in [-0.2, -0.15) is 18.3 Å². The number of carbonyl (C=O) groups is 4. The van der Waals surface area contributed by atoms with Crippen LogP contribution in [0.25, 0.3) is 22.0 Å². The van der Waals surface area contributed by atoms with Gasteiger partial charge in [0.05, 0.1) is 5.52 Å². The van der Waals surface area contributed by atoms with Gasteiger partial charge in [-0.1, -0.05) is 19.9 Å². The normalized spacial score (nSPS) is 28.2.